The highest BCUT2D eigenvalue weighted by molar-refractivity contribution is 5.85. The molecule has 0 amide bonds. The Hall–Kier alpha value is -0.660. The van der Waals surface area contributed by atoms with Crippen LogP contribution in [0.25, 0.3) is 0 Å². The van der Waals surface area contributed by atoms with Gasteiger partial charge in [0.05, 0.1) is 0 Å². The van der Waals surface area contributed by atoms with Crippen molar-refractivity contribution in [1.82, 2.24) is 0 Å². The average Bonchev–Trinajstić information content (AvgIpc) is 2.76. The Labute approximate surface area is 134 Å². The van der Waals surface area contributed by atoms with Crippen molar-refractivity contribution in [1.29, 1.82) is 0 Å². The van der Waals surface area contributed by atoms with E-state index in [1.165, 1.54) is 25.7 Å². The van der Waals surface area contributed by atoms with Gasteiger partial charge in [-0.2, -0.15) is 0 Å². The van der Waals surface area contributed by atoms with Crippen LogP contribution in [-0.2, 0) is 9.59 Å². The van der Waals surface area contributed by atoms with Gasteiger partial charge in [0.15, 0.2) is 0 Å². The first-order valence-electron chi connectivity index (χ1n) is 9.38. The second-order valence-electron chi connectivity index (χ2n) is 9.60. The number of hydrogen-bond acceptors (Lipinski definition) is 2. The second-order valence-corrected chi connectivity index (χ2v) is 9.60. The minimum atomic E-state index is 0.198. The van der Waals surface area contributed by atoms with Gasteiger partial charge in [-0.3, -0.25) is 9.59 Å². The summed E-state index contributed by atoms with van der Waals surface area (Å²) in [6.45, 7) is 7.05. The van der Waals surface area contributed by atoms with Crippen LogP contribution < -0.4 is 0 Å². The molecule has 4 aliphatic rings. The number of carbonyl (C=O) groups excluding carboxylic acids is 2. The van der Waals surface area contributed by atoms with Gasteiger partial charge in [-0.15, -0.1) is 0 Å². The number of ketones is 2. The molecule has 122 valence electrons. The predicted octanol–water partition coefficient (Wildman–Crippen LogP) is 4.41. The summed E-state index contributed by atoms with van der Waals surface area (Å²) in [5, 5.41) is 0. The highest BCUT2D eigenvalue weighted by Gasteiger charge is 2.61. The molecular weight excluding hydrogens is 272 g/mol. The summed E-state index contributed by atoms with van der Waals surface area (Å²) in [6.07, 6.45) is 8.36. The molecule has 4 rings (SSSR count). The standard InChI is InChI=1S/C20H30O2/c1-12-4-7-20(3)15-5-6-19(2)11-13(21)9-16(19)14(15)10-18(22)17(20)8-12/h12,14-17H,4-11H2,1-3H3/t12-,14-,15+,16+,17-,19-,20-/m0/s1. The first kappa shape index (κ1) is 14.9. The van der Waals surface area contributed by atoms with E-state index in [9.17, 15) is 9.59 Å². The van der Waals surface area contributed by atoms with Gasteiger partial charge in [0.25, 0.3) is 0 Å². The topological polar surface area (TPSA) is 34.1 Å². The van der Waals surface area contributed by atoms with Gasteiger partial charge in [-0.05, 0) is 60.2 Å². The Morgan fingerprint density at radius 3 is 2.55 bits per heavy atom. The van der Waals surface area contributed by atoms with Crippen molar-refractivity contribution < 1.29 is 9.59 Å². The van der Waals surface area contributed by atoms with Crippen LogP contribution in [0.1, 0.15) is 72.1 Å². The molecule has 4 saturated carbocycles. The van der Waals surface area contributed by atoms with Gasteiger partial charge in [0.1, 0.15) is 11.6 Å². The Kier molecular flexibility index (Phi) is 3.17. The molecule has 0 aliphatic heterocycles. The van der Waals surface area contributed by atoms with Crippen molar-refractivity contribution in [3.63, 3.8) is 0 Å². The van der Waals surface area contributed by atoms with E-state index in [4.69, 9.17) is 0 Å². The minimum Gasteiger partial charge on any atom is -0.300 e. The quantitative estimate of drug-likeness (QED) is 0.664. The van der Waals surface area contributed by atoms with Crippen molar-refractivity contribution in [2.24, 2.45) is 40.4 Å². The van der Waals surface area contributed by atoms with Gasteiger partial charge in [-0.25, -0.2) is 0 Å². The van der Waals surface area contributed by atoms with E-state index in [0.717, 1.165) is 25.7 Å². The van der Waals surface area contributed by atoms with Crippen molar-refractivity contribution in [3.8, 4) is 0 Å². The van der Waals surface area contributed by atoms with Crippen LogP contribution in [0.15, 0.2) is 0 Å². The maximum atomic E-state index is 12.9. The first-order valence-corrected chi connectivity index (χ1v) is 9.38. The summed E-state index contributed by atoms with van der Waals surface area (Å²) in [5.74, 6) is 3.65. The molecule has 0 unspecified atom stereocenters. The lowest BCUT2D eigenvalue weighted by Gasteiger charge is -2.59. The number of Topliss-reactive ketones (excluding diaryl/α,β-unsaturated/α-hetero) is 2. The maximum Gasteiger partial charge on any atom is 0.136 e. The third-order valence-electron chi connectivity index (χ3n) is 8.29. The number of carbonyl (C=O) groups is 2. The predicted molar refractivity (Wildman–Crippen MR) is 86.3 cm³/mol. The van der Waals surface area contributed by atoms with Gasteiger partial charge in [0.2, 0.25) is 0 Å². The highest BCUT2D eigenvalue weighted by atomic mass is 16.1. The second kappa shape index (κ2) is 4.68. The molecule has 4 fully saturated rings. The fraction of sp³-hybridized carbons (Fsp3) is 0.900. The molecule has 0 aromatic rings. The molecule has 7 atom stereocenters. The van der Waals surface area contributed by atoms with Crippen LogP contribution in [0.2, 0.25) is 0 Å². The molecule has 2 heteroatoms. The lowest BCUT2D eigenvalue weighted by atomic mass is 9.44. The van der Waals surface area contributed by atoms with Gasteiger partial charge in [-0.1, -0.05) is 27.2 Å². The van der Waals surface area contributed by atoms with Crippen LogP contribution in [0.3, 0.4) is 0 Å². The van der Waals surface area contributed by atoms with E-state index in [1.807, 2.05) is 0 Å². The summed E-state index contributed by atoms with van der Waals surface area (Å²) in [7, 11) is 0. The summed E-state index contributed by atoms with van der Waals surface area (Å²) in [5.41, 5.74) is 0.420. The fourth-order valence-electron chi connectivity index (χ4n) is 7.01. The Bertz CT molecular complexity index is 524. The van der Waals surface area contributed by atoms with E-state index in [0.29, 0.717) is 41.2 Å². The maximum absolute atomic E-state index is 12.9. The molecule has 0 aromatic heterocycles. The number of hydrogen-bond donors (Lipinski definition) is 0. The third-order valence-corrected chi connectivity index (χ3v) is 8.29. The average molecular weight is 302 g/mol. The molecule has 22 heavy (non-hydrogen) atoms. The first-order chi connectivity index (χ1) is 10.3. The van der Waals surface area contributed by atoms with Crippen molar-refractivity contribution in [3.05, 3.63) is 0 Å². The molecule has 0 heterocycles. The Balaban J connectivity index is 1.69. The summed E-state index contributed by atoms with van der Waals surface area (Å²) >= 11 is 0. The molecule has 2 nitrogen and oxygen atoms in total. The molecule has 0 saturated heterocycles. The van der Waals surface area contributed by atoms with Crippen LogP contribution in [0, 0.1) is 40.4 Å². The zero-order valence-electron chi connectivity index (χ0n) is 14.4. The van der Waals surface area contributed by atoms with Crippen molar-refractivity contribution in [2.45, 2.75) is 72.1 Å². The molecular formula is C20H30O2. The molecule has 0 radical (unpaired) electrons. The lowest BCUT2D eigenvalue weighted by Crippen LogP contribution is -2.55. The number of fused-ring (bicyclic) bond motifs is 5. The highest BCUT2D eigenvalue weighted by Crippen LogP contribution is 2.65. The van der Waals surface area contributed by atoms with Crippen LogP contribution in [-0.4, -0.2) is 11.6 Å². The zero-order valence-corrected chi connectivity index (χ0v) is 14.4. The van der Waals surface area contributed by atoms with E-state index in [2.05, 4.69) is 20.8 Å². The SMILES string of the molecule is C[C@H]1CC[C@@]2(C)[C@@H]3CC[C@@]4(C)CC(=O)C[C@@H]4[C@H]3CC(=O)[C@@H]2C1. The summed E-state index contributed by atoms with van der Waals surface area (Å²) in [6, 6.07) is 0. The van der Waals surface area contributed by atoms with E-state index >= 15 is 0 Å². The largest absolute Gasteiger partial charge is 0.300 e. The van der Waals surface area contributed by atoms with Crippen molar-refractivity contribution >= 4 is 11.6 Å². The van der Waals surface area contributed by atoms with E-state index in [1.54, 1.807) is 0 Å². The third kappa shape index (κ3) is 1.91. The minimum absolute atomic E-state index is 0.198. The fourth-order valence-corrected chi connectivity index (χ4v) is 7.01. The normalized spacial score (nSPS) is 54.6. The van der Waals surface area contributed by atoms with E-state index in [-0.39, 0.29) is 10.8 Å². The molecule has 0 spiro atoms. The molecule has 0 aromatic carbocycles. The molecule has 0 bridgehead atoms. The monoisotopic (exact) mass is 302 g/mol. The van der Waals surface area contributed by atoms with Gasteiger partial charge < -0.3 is 0 Å². The van der Waals surface area contributed by atoms with Gasteiger partial charge in [0, 0.05) is 25.2 Å². The number of rotatable bonds is 0. The zero-order chi connectivity index (χ0) is 15.7. The Morgan fingerprint density at radius 1 is 1.00 bits per heavy atom. The summed E-state index contributed by atoms with van der Waals surface area (Å²) < 4.78 is 0. The smallest absolute Gasteiger partial charge is 0.136 e. The van der Waals surface area contributed by atoms with Gasteiger partial charge >= 0.3 is 0 Å². The Morgan fingerprint density at radius 2 is 1.77 bits per heavy atom. The van der Waals surface area contributed by atoms with E-state index < -0.39 is 0 Å². The van der Waals surface area contributed by atoms with Crippen LogP contribution >= 0.6 is 0 Å². The van der Waals surface area contributed by atoms with Crippen LogP contribution in [0.4, 0.5) is 0 Å². The summed E-state index contributed by atoms with van der Waals surface area (Å²) in [4.78, 5) is 25.0. The van der Waals surface area contributed by atoms with Crippen molar-refractivity contribution in [2.75, 3.05) is 0 Å². The molecule has 0 N–H and O–H groups in total. The molecule has 4 aliphatic carbocycles. The lowest BCUT2D eigenvalue weighted by molar-refractivity contribution is -0.154. The van der Waals surface area contributed by atoms with Crippen LogP contribution in [0.5, 0.6) is 0 Å².